The molecule has 0 saturated carbocycles. The predicted molar refractivity (Wildman–Crippen MR) is 143 cm³/mol. The molecule has 9 heteroatoms. The summed E-state index contributed by atoms with van der Waals surface area (Å²) in [5.41, 5.74) is 2.02. The van der Waals surface area contributed by atoms with Crippen molar-refractivity contribution < 1.29 is 19.1 Å². The van der Waals surface area contributed by atoms with E-state index in [9.17, 15) is 14.7 Å². The fourth-order valence-corrected chi connectivity index (χ4v) is 4.83. The molecule has 3 rings (SSSR count). The Bertz CT molecular complexity index is 1240. The van der Waals surface area contributed by atoms with Gasteiger partial charge >= 0.3 is 5.97 Å². The molecule has 0 radical (unpaired) electrons. The number of nitrogens with zero attached hydrogens (tertiary/aromatic N) is 2. The van der Waals surface area contributed by atoms with Crippen LogP contribution in [0.1, 0.15) is 61.1 Å². The maximum Gasteiger partial charge on any atom is 0.336 e. The summed E-state index contributed by atoms with van der Waals surface area (Å²) < 4.78 is 17.1. The van der Waals surface area contributed by atoms with Gasteiger partial charge in [0, 0.05) is 12.0 Å². The van der Waals surface area contributed by atoms with Gasteiger partial charge in [-0.1, -0.05) is 62.7 Å². The maximum atomic E-state index is 15.3. The van der Waals surface area contributed by atoms with Gasteiger partial charge < -0.3 is 15.0 Å². The first-order valence-electron chi connectivity index (χ1n) is 11.9. The van der Waals surface area contributed by atoms with E-state index in [0.717, 1.165) is 6.42 Å². The largest absolute Gasteiger partial charge is 0.478 e. The second-order valence-electron chi connectivity index (χ2n) is 9.12. The number of nitrogens with one attached hydrogen (secondary N) is 1. The van der Waals surface area contributed by atoms with Crippen LogP contribution in [0.4, 0.5) is 4.39 Å². The monoisotopic (exact) mass is 531 g/mol. The van der Waals surface area contributed by atoms with Crippen molar-refractivity contribution in [1.82, 2.24) is 14.9 Å². The summed E-state index contributed by atoms with van der Waals surface area (Å²) in [5, 5.41) is 12.2. The Morgan fingerprint density at radius 3 is 2.58 bits per heavy atom. The number of thiol groups is 1. The minimum absolute atomic E-state index is 0.106. The molecule has 3 aromatic rings. The van der Waals surface area contributed by atoms with Gasteiger partial charge in [-0.2, -0.15) is 12.6 Å². The van der Waals surface area contributed by atoms with E-state index in [1.54, 1.807) is 30.3 Å². The number of carbonyl (C=O) groups is 2. The van der Waals surface area contributed by atoms with Crippen molar-refractivity contribution in [2.45, 2.75) is 58.4 Å². The number of hydrogen-bond donors (Lipinski definition) is 3. The Kier molecular flexibility index (Phi) is 9.56. The average Bonchev–Trinajstić information content (AvgIpc) is 3.12. The maximum absolute atomic E-state index is 15.3. The van der Waals surface area contributed by atoms with Gasteiger partial charge in [-0.15, -0.1) is 0 Å². The Morgan fingerprint density at radius 1 is 1.22 bits per heavy atom. The third-order valence-corrected chi connectivity index (χ3v) is 6.60. The van der Waals surface area contributed by atoms with E-state index in [-0.39, 0.29) is 29.7 Å². The van der Waals surface area contributed by atoms with Gasteiger partial charge in [0.15, 0.2) is 5.15 Å². The summed E-state index contributed by atoms with van der Waals surface area (Å²) in [5.74, 6) is -0.702. The van der Waals surface area contributed by atoms with Crippen molar-refractivity contribution in [3.8, 4) is 11.1 Å². The molecule has 1 heterocycles. The Hall–Kier alpha value is -2.84. The molecule has 6 nitrogen and oxygen atoms in total. The highest BCUT2D eigenvalue weighted by atomic mass is 35.5. The number of benzene rings is 2. The van der Waals surface area contributed by atoms with E-state index in [2.05, 4.69) is 22.9 Å². The number of carbonyl (C=O) groups excluding carboxylic acids is 1. The number of carboxylic acid groups (broad SMARTS) is 1. The van der Waals surface area contributed by atoms with Crippen molar-refractivity contribution in [1.29, 1.82) is 0 Å². The number of rotatable bonds is 11. The summed E-state index contributed by atoms with van der Waals surface area (Å²) in [4.78, 5) is 28.5. The van der Waals surface area contributed by atoms with Crippen LogP contribution >= 0.6 is 24.2 Å². The topological polar surface area (TPSA) is 84.2 Å². The van der Waals surface area contributed by atoms with E-state index in [1.807, 2.05) is 25.3 Å². The molecule has 0 spiro atoms. The molecule has 0 bridgehead atoms. The molecule has 1 aromatic heterocycles. The van der Waals surface area contributed by atoms with E-state index < -0.39 is 17.0 Å². The normalized spacial score (nSPS) is 12.1. The second-order valence-corrected chi connectivity index (χ2v) is 10.1. The van der Waals surface area contributed by atoms with Crippen LogP contribution in [0.15, 0.2) is 42.5 Å². The Morgan fingerprint density at radius 2 is 1.94 bits per heavy atom. The number of hydrogen-bond acceptors (Lipinski definition) is 4. The number of aryl methyl sites for hydroxylation is 1. The minimum Gasteiger partial charge on any atom is -0.478 e. The number of aromatic nitrogens is 2. The number of imidazole rings is 1. The first kappa shape index (κ1) is 27.7. The Balaban J connectivity index is 1.89. The van der Waals surface area contributed by atoms with E-state index in [1.165, 1.54) is 12.1 Å². The zero-order valence-electron chi connectivity index (χ0n) is 20.6. The molecule has 192 valence electrons. The highest BCUT2D eigenvalue weighted by Crippen LogP contribution is 2.27. The lowest BCUT2D eigenvalue weighted by atomic mass is 9.98. The van der Waals surface area contributed by atoms with Crippen LogP contribution in [0.2, 0.25) is 5.15 Å². The predicted octanol–water partition coefficient (Wildman–Crippen LogP) is 6.00. The minimum atomic E-state index is -1.07. The number of aromatic carboxylic acids is 1. The summed E-state index contributed by atoms with van der Waals surface area (Å²) in [6.07, 6.45) is 2.10. The van der Waals surface area contributed by atoms with Crippen molar-refractivity contribution in [3.63, 3.8) is 0 Å². The molecule has 36 heavy (non-hydrogen) atoms. The van der Waals surface area contributed by atoms with Crippen LogP contribution in [0.25, 0.3) is 11.1 Å². The van der Waals surface area contributed by atoms with Crippen LogP contribution < -0.4 is 5.32 Å². The van der Waals surface area contributed by atoms with Crippen LogP contribution in [-0.4, -0.2) is 31.8 Å². The smallest absolute Gasteiger partial charge is 0.336 e. The molecule has 2 aromatic carbocycles. The molecule has 0 aliphatic rings. The molecule has 0 saturated heterocycles. The van der Waals surface area contributed by atoms with Gasteiger partial charge in [0.25, 0.3) is 0 Å². The lowest BCUT2D eigenvalue weighted by Crippen LogP contribution is -2.32. The standard InChI is InChI=1S/C27H31ClFN3O3S/c1-4-7-24-31-25(28)22(14-30-26(33)23(36)12-16(2)3)32(24)15-18-11-10-17(13-21(18)29)19-8-5-6-9-20(19)27(34)35/h5-6,8-11,13,16,23,36H,4,7,12,14-15H2,1-3H3,(H,30,33)(H,34,35)/t23-/m0/s1. The highest BCUT2D eigenvalue weighted by molar-refractivity contribution is 7.81. The number of carboxylic acids is 1. The molecule has 2 N–H and O–H groups in total. The van der Waals surface area contributed by atoms with Gasteiger partial charge in [-0.25, -0.2) is 14.2 Å². The lowest BCUT2D eigenvalue weighted by Gasteiger charge is -2.16. The quantitative estimate of drug-likeness (QED) is 0.265. The summed E-state index contributed by atoms with van der Waals surface area (Å²) >= 11 is 10.8. The first-order chi connectivity index (χ1) is 17.1. The van der Waals surface area contributed by atoms with Crippen molar-refractivity contribution in [2.75, 3.05) is 0 Å². The molecule has 0 fully saturated rings. The molecule has 0 unspecified atom stereocenters. The first-order valence-corrected chi connectivity index (χ1v) is 12.8. The van der Waals surface area contributed by atoms with E-state index in [0.29, 0.717) is 47.0 Å². The fourth-order valence-electron chi connectivity index (χ4n) is 4.05. The Labute approximate surface area is 221 Å². The van der Waals surface area contributed by atoms with Gasteiger partial charge in [0.1, 0.15) is 11.6 Å². The van der Waals surface area contributed by atoms with Gasteiger partial charge in [0.2, 0.25) is 5.91 Å². The van der Waals surface area contributed by atoms with Crippen LogP contribution in [0.5, 0.6) is 0 Å². The molecular weight excluding hydrogens is 501 g/mol. The summed E-state index contributed by atoms with van der Waals surface area (Å²) in [6, 6.07) is 11.2. The average molecular weight is 532 g/mol. The van der Waals surface area contributed by atoms with Crippen molar-refractivity contribution in [2.24, 2.45) is 5.92 Å². The molecule has 0 aliphatic heterocycles. The number of halogens is 2. The molecule has 0 aliphatic carbocycles. The zero-order valence-corrected chi connectivity index (χ0v) is 22.2. The molecule has 1 atom stereocenters. The highest BCUT2D eigenvalue weighted by Gasteiger charge is 2.21. The third-order valence-electron chi connectivity index (χ3n) is 5.85. The van der Waals surface area contributed by atoms with E-state index >= 15 is 4.39 Å². The van der Waals surface area contributed by atoms with Crippen LogP contribution in [0, 0.1) is 11.7 Å². The fraction of sp³-hybridized carbons (Fsp3) is 0.370. The van der Waals surface area contributed by atoms with Gasteiger partial charge in [-0.3, -0.25) is 4.79 Å². The van der Waals surface area contributed by atoms with E-state index in [4.69, 9.17) is 11.6 Å². The second kappa shape index (κ2) is 12.4. The van der Waals surface area contributed by atoms with Crippen LogP contribution in [0.3, 0.4) is 0 Å². The zero-order chi connectivity index (χ0) is 26.4. The number of amides is 1. The third kappa shape index (κ3) is 6.68. The molecule has 1 amide bonds. The van der Waals surface area contributed by atoms with Gasteiger partial charge in [-0.05, 0) is 42.0 Å². The van der Waals surface area contributed by atoms with Crippen molar-refractivity contribution >= 4 is 36.1 Å². The lowest BCUT2D eigenvalue weighted by molar-refractivity contribution is -0.121. The molecular formula is C27H31ClFN3O3S. The van der Waals surface area contributed by atoms with Crippen molar-refractivity contribution in [3.05, 3.63) is 76.1 Å². The van der Waals surface area contributed by atoms with Crippen LogP contribution in [-0.2, 0) is 24.3 Å². The van der Waals surface area contributed by atoms with Gasteiger partial charge in [0.05, 0.1) is 29.6 Å². The summed E-state index contributed by atoms with van der Waals surface area (Å²) in [6.45, 7) is 6.39. The SMILES string of the molecule is CCCc1nc(Cl)c(CNC(=O)[C@@H](S)CC(C)C)n1Cc1ccc(-c2ccccc2C(=O)O)cc1F. The summed E-state index contributed by atoms with van der Waals surface area (Å²) in [7, 11) is 0.